The second kappa shape index (κ2) is 5.38. The fourth-order valence-corrected chi connectivity index (χ4v) is 2.11. The fourth-order valence-electron chi connectivity index (χ4n) is 2.11. The Balaban J connectivity index is 2.38. The second-order valence-electron chi connectivity index (χ2n) is 4.50. The summed E-state index contributed by atoms with van der Waals surface area (Å²) in [5.74, 6) is 3.42. The van der Waals surface area contributed by atoms with E-state index >= 15 is 0 Å². The third kappa shape index (κ3) is 3.01. The average molecular weight is 195 g/mol. The number of hydrogen-bond acceptors (Lipinski definition) is 2. The topological polar surface area (TPSA) is 32.3 Å². The summed E-state index contributed by atoms with van der Waals surface area (Å²) in [6.07, 6.45) is 10.5. The lowest BCUT2D eigenvalue weighted by Gasteiger charge is -2.38. The maximum Gasteiger partial charge on any atom is 0.0613 e. The van der Waals surface area contributed by atoms with E-state index in [1.165, 1.54) is 12.8 Å². The van der Waals surface area contributed by atoms with Crippen molar-refractivity contribution in [3.05, 3.63) is 0 Å². The average Bonchev–Trinajstić information content (AvgIpc) is 2.22. The Labute approximate surface area is 87.1 Å². The quantitative estimate of drug-likeness (QED) is 0.527. The molecule has 0 saturated heterocycles. The molecule has 0 spiro atoms. The molecule has 1 aliphatic rings. The summed E-state index contributed by atoms with van der Waals surface area (Å²) >= 11 is 0. The van der Waals surface area contributed by atoms with Gasteiger partial charge in [-0.1, -0.05) is 6.92 Å². The van der Waals surface area contributed by atoms with Crippen molar-refractivity contribution in [3.8, 4) is 12.3 Å². The number of rotatable bonds is 4. The minimum Gasteiger partial charge on any atom is -0.394 e. The van der Waals surface area contributed by atoms with E-state index in [0.29, 0.717) is 0 Å². The van der Waals surface area contributed by atoms with Gasteiger partial charge in [-0.25, -0.2) is 0 Å². The van der Waals surface area contributed by atoms with Crippen molar-refractivity contribution in [3.63, 3.8) is 0 Å². The Morgan fingerprint density at radius 3 is 2.64 bits per heavy atom. The predicted octanol–water partition coefficient (Wildman–Crippen LogP) is 1.54. The Bertz CT molecular complexity index is 199. The summed E-state index contributed by atoms with van der Waals surface area (Å²) in [5, 5.41) is 12.8. The minimum atomic E-state index is -0.0383. The third-order valence-corrected chi connectivity index (χ3v) is 3.30. The molecule has 0 unspecified atom stereocenters. The maximum absolute atomic E-state index is 9.41. The van der Waals surface area contributed by atoms with Gasteiger partial charge in [0.1, 0.15) is 0 Å². The molecule has 0 radical (unpaired) electrons. The fraction of sp³-hybridized carbons (Fsp3) is 0.833. The molecule has 0 aromatic carbocycles. The van der Waals surface area contributed by atoms with Gasteiger partial charge >= 0.3 is 0 Å². The molecule has 1 rings (SSSR count). The van der Waals surface area contributed by atoms with Crippen LogP contribution in [0.25, 0.3) is 0 Å². The summed E-state index contributed by atoms with van der Waals surface area (Å²) in [6.45, 7) is 3.35. The van der Waals surface area contributed by atoms with Gasteiger partial charge in [0.05, 0.1) is 6.61 Å². The standard InChI is InChI=1S/C12H21NO/c1-3-4-9-13-12(10-14)7-5-11(2)6-8-12/h1,11,13-14H,4-10H2,2H3. The largest absolute Gasteiger partial charge is 0.394 e. The molecule has 0 amide bonds. The first kappa shape index (κ1) is 11.6. The molecule has 0 aromatic heterocycles. The molecule has 1 aliphatic carbocycles. The van der Waals surface area contributed by atoms with Gasteiger partial charge in [-0.05, 0) is 31.6 Å². The number of terminal acetylenes is 1. The minimum absolute atomic E-state index is 0.0383. The zero-order chi connectivity index (χ0) is 10.4. The Hall–Kier alpha value is -0.520. The highest BCUT2D eigenvalue weighted by molar-refractivity contribution is 4.93. The molecule has 1 fully saturated rings. The summed E-state index contributed by atoms with van der Waals surface area (Å²) < 4.78 is 0. The smallest absolute Gasteiger partial charge is 0.0613 e. The number of nitrogens with one attached hydrogen (secondary N) is 1. The van der Waals surface area contributed by atoms with E-state index in [-0.39, 0.29) is 12.1 Å². The van der Waals surface area contributed by atoms with E-state index < -0.39 is 0 Å². The van der Waals surface area contributed by atoms with Gasteiger partial charge in [0.15, 0.2) is 0 Å². The van der Waals surface area contributed by atoms with Crippen molar-refractivity contribution in [2.24, 2.45) is 5.92 Å². The molecule has 0 atom stereocenters. The van der Waals surface area contributed by atoms with Gasteiger partial charge < -0.3 is 10.4 Å². The number of hydrogen-bond donors (Lipinski definition) is 2. The SMILES string of the molecule is C#CCCNC1(CO)CCC(C)CC1. The first-order valence-electron chi connectivity index (χ1n) is 5.52. The predicted molar refractivity (Wildman–Crippen MR) is 58.9 cm³/mol. The van der Waals surface area contributed by atoms with Crippen molar-refractivity contribution < 1.29 is 5.11 Å². The Morgan fingerprint density at radius 2 is 2.14 bits per heavy atom. The van der Waals surface area contributed by atoms with E-state index in [9.17, 15) is 5.11 Å². The number of aliphatic hydroxyl groups is 1. The third-order valence-electron chi connectivity index (χ3n) is 3.30. The Kier molecular flexibility index (Phi) is 4.44. The summed E-state index contributed by atoms with van der Waals surface area (Å²) in [7, 11) is 0. The molecule has 2 N–H and O–H groups in total. The summed E-state index contributed by atoms with van der Waals surface area (Å²) in [5.41, 5.74) is -0.0383. The first-order valence-corrected chi connectivity index (χ1v) is 5.52. The van der Waals surface area contributed by atoms with E-state index in [0.717, 1.165) is 31.7 Å². The summed E-state index contributed by atoms with van der Waals surface area (Å²) in [4.78, 5) is 0. The summed E-state index contributed by atoms with van der Waals surface area (Å²) in [6, 6.07) is 0. The maximum atomic E-state index is 9.41. The van der Waals surface area contributed by atoms with Crippen molar-refractivity contribution in [2.45, 2.75) is 44.6 Å². The molecule has 2 heteroatoms. The van der Waals surface area contributed by atoms with Crippen LogP contribution in [-0.2, 0) is 0 Å². The van der Waals surface area contributed by atoms with Crippen molar-refractivity contribution in [2.75, 3.05) is 13.2 Å². The molecule has 0 heterocycles. The highest BCUT2D eigenvalue weighted by atomic mass is 16.3. The van der Waals surface area contributed by atoms with Crippen LogP contribution < -0.4 is 5.32 Å². The second-order valence-corrected chi connectivity index (χ2v) is 4.50. The van der Waals surface area contributed by atoms with Crippen LogP contribution in [0.3, 0.4) is 0 Å². The molecule has 0 bridgehead atoms. The first-order chi connectivity index (χ1) is 6.72. The lowest BCUT2D eigenvalue weighted by atomic mass is 9.77. The zero-order valence-electron chi connectivity index (χ0n) is 9.05. The van der Waals surface area contributed by atoms with Crippen LogP contribution in [0.2, 0.25) is 0 Å². The van der Waals surface area contributed by atoms with Crippen LogP contribution >= 0.6 is 0 Å². The van der Waals surface area contributed by atoms with Crippen LogP contribution in [0.1, 0.15) is 39.0 Å². The van der Waals surface area contributed by atoms with E-state index in [2.05, 4.69) is 18.2 Å². The van der Waals surface area contributed by atoms with Gasteiger partial charge in [-0.2, -0.15) is 0 Å². The van der Waals surface area contributed by atoms with Crippen LogP contribution in [-0.4, -0.2) is 23.8 Å². The van der Waals surface area contributed by atoms with Crippen molar-refractivity contribution >= 4 is 0 Å². The molecule has 80 valence electrons. The Morgan fingerprint density at radius 1 is 1.50 bits per heavy atom. The lowest BCUT2D eigenvalue weighted by Crippen LogP contribution is -2.51. The van der Waals surface area contributed by atoms with Crippen LogP contribution in [0, 0.1) is 18.3 Å². The van der Waals surface area contributed by atoms with Gasteiger partial charge in [0.25, 0.3) is 0 Å². The molecule has 0 aliphatic heterocycles. The van der Waals surface area contributed by atoms with Gasteiger partial charge in [0, 0.05) is 18.5 Å². The van der Waals surface area contributed by atoms with Gasteiger partial charge in [0.2, 0.25) is 0 Å². The highest BCUT2D eigenvalue weighted by Crippen LogP contribution is 2.31. The molecular formula is C12H21NO. The monoisotopic (exact) mass is 195 g/mol. The van der Waals surface area contributed by atoms with Gasteiger partial charge in [-0.3, -0.25) is 0 Å². The van der Waals surface area contributed by atoms with E-state index in [4.69, 9.17) is 6.42 Å². The molecule has 1 saturated carbocycles. The molecule has 0 aromatic rings. The normalized spacial score (nSPS) is 32.5. The van der Waals surface area contributed by atoms with Crippen molar-refractivity contribution in [1.29, 1.82) is 0 Å². The van der Waals surface area contributed by atoms with E-state index in [1.54, 1.807) is 0 Å². The van der Waals surface area contributed by atoms with Crippen LogP contribution in [0.4, 0.5) is 0 Å². The van der Waals surface area contributed by atoms with Gasteiger partial charge in [-0.15, -0.1) is 12.3 Å². The molecule has 14 heavy (non-hydrogen) atoms. The van der Waals surface area contributed by atoms with Crippen molar-refractivity contribution in [1.82, 2.24) is 5.32 Å². The highest BCUT2D eigenvalue weighted by Gasteiger charge is 2.32. The van der Waals surface area contributed by atoms with E-state index in [1.807, 2.05) is 0 Å². The number of aliphatic hydroxyl groups excluding tert-OH is 1. The van der Waals surface area contributed by atoms with Crippen LogP contribution in [0.15, 0.2) is 0 Å². The lowest BCUT2D eigenvalue weighted by molar-refractivity contribution is 0.107. The zero-order valence-corrected chi connectivity index (χ0v) is 9.05. The molecule has 2 nitrogen and oxygen atoms in total. The van der Waals surface area contributed by atoms with Crippen LogP contribution in [0.5, 0.6) is 0 Å². The molecular weight excluding hydrogens is 174 g/mol.